The maximum Gasteiger partial charge on any atom is 0.352 e. The Bertz CT molecular complexity index is 299. The van der Waals surface area contributed by atoms with Crippen LogP contribution in [0.2, 0.25) is 0 Å². The fraction of sp³-hybridized carbons (Fsp3) is 0.222. The van der Waals surface area contributed by atoms with Crippen LogP contribution < -0.4 is 4.89 Å². The molecular formula is C9H9BrO3. The van der Waals surface area contributed by atoms with Gasteiger partial charge in [0.2, 0.25) is 0 Å². The third kappa shape index (κ3) is 3.06. The van der Waals surface area contributed by atoms with Gasteiger partial charge in [-0.15, -0.1) is 0 Å². The molecule has 0 N–H and O–H groups in total. The second kappa shape index (κ2) is 4.87. The average molecular weight is 245 g/mol. The van der Waals surface area contributed by atoms with Crippen LogP contribution in [0.5, 0.6) is 5.75 Å². The quantitative estimate of drug-likeness (QED) is 0.466. The van der Waals surface area contributed by atoms with Gasteiger partial charge in [-0.2, -0.15) is 0 Å². The summed E-state index contributed by atoms with van der Waals surface area (Å²) in [5, 5.41) is 0.657. The fourth-order valence-electron chi connectivity index (χ4n) is 0.799. The van der Waals surface area contributed by atoms with E-state index in [0.717, 1.165) is 5.56 Å². The summed E-state index contributed by atoms with van der Waals surface area (Å²) in [5.41, 5.74) is 0.934. The van der Waals surface area contributed by atoms with Crippen LogP contribution >= 0.6 is 15.9 Å². The van der Waals surface area contributed by atoms with E-state index in [0.29, 0.717) is 11.1 Å². The average Bonchev–Trinajstić information content (AvgIpc) is 2.15. The van der Waals surface area contributed by atoms with Crippen LogP contribution in [0.1, 0.15) is 12.5 Å². The Kier molecular flexibility index (Phi) is 3.76. The molecule has 3 nitrogen and oxygen atoms in total. The van der Waals surface area contributed by atoms with Crippen molar-refractivity contribution in [3.63, 3.8) is 0 Å². The van der Waals surface area contributed by atoms with Crippen LogP contribution in [-0.4, -0.2) is 5.97 Å². The number of hydrogen-bond donors (Lipinski definition) is 0. The Labute approximate surface area is 84.7 Å². The van der Waals surface area contributed by atoms with Crippen LogP contribution in [0.25, 0.3) is 0 Å². The van der Waals surface area contributed by atoms with E-state index in [2.05, 4.69) is 20.8 Å². The molecular weight excluding hydrogens is 236 g/mol. The van der Waals surface area contributed by atoms with Crippen LogP contribution in [0.3, 0.4) is 0 Å². The molecule has 70 valence electrons. The summed E-state index contributed by atoms with van der Waals surface area (Å²) in [7, 11) is 0. The molecule has 0 aliphatic heterocycles. The number of carbonyl (C=O) groups excluding carboxylic acids is 1. The highest BCUT2D eigenvalue weighted by Gasteiger charge is 2.03. The fourth-order valence-corrected chi connectivity index (χ4v) is 1.26. The maximum absolute atomic E-state index is 10.5. The van der Waals surface area contributed by atoms with E-state index in [1.165, 1.54) is 6.92 Å². The van der Waals surface area contributed by atoms with Gasteiger partial charge in [0.25, 0.3) is 0 Å². The van der Waals surface area contributed by atoms with Gasteiger partial charge in [-0.05, 0) is 6.07 Å². The first kappa shape index (κ1) is 10.1. The Hall–Kier alpha value is -1.03. The Balaban J connectivity index is 2.69. The molecule has 0 fully saturated rings. The molecule has 0 saturated heterocycles. The smallest absolute Gasteiger partial charge is 0.287 e. The van der Waals surface area contributed by atoms with Gasteiger partial charge in [-0.1, -0.05) is 34.1 Å². The predicted octanol–water partition coefficient (Wildman–Crippen LogP) is 2.44. The highest BCUT2D eigenvalue weighted by molar-refractivity contribution is 9.08. The first-order valence-electron chi connectivity index (χ1n) is 3.73. The minimum Gasteiger partial charge on any atom is -0.287 e. The normalized spacial score (nSPS) is 9.38. The van der Waals surface area contributed by atoms with E-state index in [4.69, 9.17) is 4.89 Å². The molecule has 0 spiro atoms. The molecule has 0 saturated carbocycles. The maximum atomic E-state index is 10.5. The van der Waals surface area contributed by atoms with E-state index in [1.54, 1.807) is 6.07 Å². The van der Waals surface area contributed by atoms with Crippen molar-refractivity contribution in [1.29, 1.82) is 0 Å². The number of alkyl halides is 1. The first-order chi connectivity index (χ1) is 6.24. The van der Waals surface area contributed by atoms with Crippen molar-refractivity contribution in [2.75, 3.05) is 0 Å². The highest BCUT2D eigenvalue weighted by Crippen LogP contribution is 2.20. The van der Waals surface area contributed by atoms with Crippen molar-refractivity contribution >= 4 is 21.9 Å². The minimum absolute atomic E-state index is 0.468. The summed E-state index contributed by atoms with van der Waals surface area (Å²) in [5.74, 6) is 0.0824. The van der Waals surface area contributed by atoms with E-state index in [1.807, 2.05) is 18.2 Å². The zero-order chi connectivity index (χ0) is 9.68. The second-order valence-electron chi connectivity index (χ2n) is 2.40. The molecule has 1 aromatic carbocycles. The van der Waals surface area contributed by atoms with Gasteiger partial charge in [-0.25, -0.2) is 4.79 Å². The summed E-state index contributed by atoms with van der Waals surface area (Å²) < 4.78 is 0. The minimum atomic E-state index is -0.468. The third-order valence-electron chi connectivity index (χ3n) is 1.37. The molecule has 1 aromatic rings. The van der Waals surface area contributed by atoms with Gasteiger partial charge in [0, 0.05) is 17.8 Å². The van der Waals surface area contributed by atoms with Gasteiger partial charge in [0.1, 0.15) is 0 Å². The molecule has 0 atom stereocenters. The monoisotopic (exact) mass is 244 g/mol. The van der Waals surface area contributed by atoms with Crippen LogP contribution in [-0.2, 0) is 15.0 Å². The van der Waals surface area contributed by atoms with Gasteiger partial charge in [0.05, 0.1) is 0 Å². The number of benzene rings is 1. The lowest BCUT2D eigenvalue weighted by Crippen LogP contribution is -2.03. The summed E-state index contributed by atoms with van der Waals surface area (Å²) in [6.45, 7) is 1.29. The summed E-state index contributed by atoms with van der Waals surface area (Å²) in [6, 6.07) is 7.31. The molecule has 1 rings (SSSR count). The molecule has 4 heteroatoms. The van der Waals surface area contributed by atoms with Crippen LogP contribution in [0.15, 0.2) is 24.3 Å². The van der Waals surface area contributed by atoms with Gasteiger partial charge >= 0.3 is 5.97 Å². The topological polar surface area (TPSA) is 35.5 Å². The number of hydrogen-bond acceptors (Lipinski definition) is 3. The number of halogens is 1. The predicted molar refractivity (Wildman–Crippen MR) is 51.5 cm³/mol. The summed E-state index contributed by atoms with van der Waals surface area (Å²) in [6.07, 6.45) is 0. The molecule has 0 unspecified atom stereocenters. The molecule has 0 aromatic heterocycles. The molecule has 0 heterocycles. The number of para-hydroxylation sites is 1. The van der Waals surface area contributed by atoms with Crippen molar-refractivity contribution in [2.45, 2.75) is 12.3 Å². The van der Waals surface area contributed by atoms with E-state index < -0.39 is 5.97 Å². The third-order valence-corrected chi connectivity index (χ3v) is 1.97. The van der Waals surface area contributed by atoms with Gasteiger partial charge < -0.3 is 0 Å². The zero-order valence-electron chi connectivity index (χ0n) is 7.12. The Morgan fingerprint density at radius 2 is 2.15 bits per heavy atom. The Morgan fingerprint density at radius 3 is 2.77 bits per heavy atom. The largest absolute Gasteiger partial charge is 0.352 e. The SMILES string of the molecule is CC(=O)OOc1ccccc1CBr. The summed E-state index contributed by atoms with van der Waals surface area (Å²) >= 11 is 3.29. The molecule has 13 heavy (non-hydrogen) atoms. The van der Waals surface area contributed by atoms with Gasteiger partial charge in [-0.3, -0.25) is 9.78 Å². The van der Waals surface area contributed by atoms with E-state index in [-0.39, 0.29) is 0 Å². The number of carbonyl (C=O) groups is 1. The van der Waals surface area contributed by atoms with Crippen molar-refractivity contribution in [1.82, 2.24) is 0 Å². The lowest BCUT2D eigenvalue weighted by molar-refractivity contribution is -0.211. The van der Waals surface area contributed by atoms with Crippen molar-refractivity contribution in [2.24, 2.45) is 0 Å². The molecule has 0 aliphatic carbocycles. The molecule has 0 bridgehead atoms. The van der Waals surface area contributed by atoms with E-state index in [9.17, 15) is 4.79 Å². The van der Waals surface area contributed by atoms with E-state index >= 15 is 0 Å². The molecule has 0 radical (unpaired) electrons. The highest BCUT2D eigenvalue weighted by atomic mass is 79.9. The second-order valence-corrected chi connectivity index (χ2v) is 2.96. The lowest BCUT2D eigenvalue weighted by Gasteiger charge is -2.05. The van der Waals surface area contributed by atoms with Crippen LogP contribution in [0, 0.1) is 0 Å². The lowest BCUT2D eigenvalue weighted by atomic mass is 10.2. The summed E-state index contributed by atoms with van der Waals surface area (Å²) in [4.78, 5) is 19.7. The van der Waals surface area contributed by atoms with Crippen molar-refractivity contribution in [3.8, 4) is 5.75 Å². The molecule has 0 aliphatic rings. The Morgan fingerprint density at radius 1 is 1.46 bits per heavy atom. The standard InChI is InChI=1S/C9H9BrO3/c1-7(11)12-13-9-5-3-2-4-8(9)6-10/h2-5H,6H2,1H3. The number of rotatable bonds is 3. The first-order valence-corrected chi connectivity index (χ1v) is 4.85. The van der Waals surface area contributed by atoms with Gasteiger partial charge in [0.15, 0.2) is 5.75 Å². The zero-order valence-corrected chi connectivity index (χ0v) is 8.71. The van der Waals surface area contributed by atoms with Crippen molar-refractivity contribution in [3.05, 3.63) is 29.8 Å². The van der Waals surface area contributed by atoms with Crippen molar-refractivity contribution < 1.29 is 14.6 Å². The molecule has 0 amide bonds. The van der Waals surface area contributed by atoms with Crippen LogP contribution in [0.4, 0.5) is 0 Å².